The molecule has 0 spiro atoms. The van der Waals surface area contributed by atoms with Crippen LogP contribution in [0.25, 0.3) is 0 Å². The highest BCUT2D eigenvalue weighted by molar-refractivity contribution is 7.10. The van der Waals surface area contributed by atoms with E-state index >= 15 is 0 Å². The van der Waals surface area contributed by atoms with Gasteiger partial charge in [-0.1, -0.05) is 83.4 Å². The molecule has 0 radical (unpaired) electrons. The van der Waals surface area contributed by atoms with Crippen molar-refractivity contribution < 1.29 is 0 Å². The predicted octanol–water partition coefficient (Wildman–Crippen LogP) is 3.51. The van der Waals surface area contributed by atoms with Crippen molar-refractivity contribution in [3.8, 4) is 0 Å². The van der Waals surface area contributed by atoms with E-state index in [1.165, 1.54) is 0 Å². The van der Waals surface area contributed by atoms with Crippen LogP contribution in [0, 0.1) is 0 Å². The highest BCUT2D eigenvalue weighted by atomic mass is 35.6. The van der Waals surface area contributed by atoms with Gasteiger partial charge in [0.2, 0.25) is 0 Å². The van der Waals surface area contributed by atoms with E-state index in [-0.39, 0.29) is 0 Å². The first-order valence-corrected chi connectivity index (χ1v) is 8.11. The van der Waals surface area contributed by atoms with E-state index in [0.717, 1.165) is 5.19 Å². The first-order valence-electron chi connectivity index (χ1n) is 3.98. The molecule has 0 saturated carbocycles. The summed E-state index contributed by atoms with van der Waals surface area (Å²) in [6.07, 6.45) is 0. The Bertz CT molecular complexity index is 277. The van der Waals surface area contributed by atoms with Crippen LogP contribution in [-0.2, 0) is 0 Å². The molecule has 4 heteroatoms. The lowest BCUT2D eigenvalue weighted by Crippen LogP contribution is -2.53. The summed E-state index contributed by atoms with van der Waals surface area (Å²) in [4.78, 5) is 0. The van der Waals surface area contributed by atoms with Crippen molar-refractivity contribution in [2.24, 2.45) is 0 Å². The van der Waals surface area contributed by atoms with Gasteiger partial charge in [-0.25, -0.2) is 0 Å². The van der Waals surface area contributed by atoms with Gasteiger partial charge in [-0.2, -0.15) is 0 Å². The molecule has 0 amide bonds. The highest BCUT2D eigenvalue weighted by Gasteiger charge is 2.43. The molecule has 1 rings (SSSR count). The Kier molecular flexibility index (Phi) is 3.34. The van der Waals surface area contributed by atoms with Gasteiger partial charge in [-0.15, -0.1) is 0 Å². The van der Waals surface area contributed by atoms with Gasteiger partial charge in [0.25, 0.3) is 0 Å². The molecule has 72 valence electrons. The second kappa shape index (κ2) is 3.82. The minimum Gasteiger partial charge on any atom is -0.0878 e. The number of rotatable bonds is 1. The lowest BCUT2D eigenvalue weighted by molar-refractivity contribution is 1.51. The summed E-state index contributed by atoms with van der Waals surface area (Å²) in [6.45, 7) is 4.10. The molecule has 0 nitrogen and oxygen atoms in total. The minimum absolute atomic E-state index is 1.14. The maximum atomic E-state index is 5.95. The van der Waals surface area contributed by atoms with Crippen LogP contribution in [0.15, 0.2) is 30.3 Å². The molecular weight excluding hydrogens is 243 g/mol. The molecule has 0 N–H and O–H groups in total. The fourth-order valence-electron chi connectivity index (χ4n) is 1.02. The minimum atomic E-state index is -1.98. The van der Waals surface area contributed by atoms with Crippen molar-refractivity contribution in [1.29, 1.82) is 0 Å². The predicted molar refractivity (Wildman–Crippen MR) is 63.8 cm³/mol. The van der Waals surface area contributed by atoms with Crippen molar-refractivity contribution in [3.05, 3.63) is 30.3 Å². The van der Waals surface area contributed by atoms with Crippen molar-refractivity contribution >= 4 is 48.1 Å². The van der Waals surface area contributed by atoms with Gasteiger partial charge < -0.3 is 0 Å². The molecule has 1 aromatic carbocycles. The van der Waals surface area contributed by atoms with Crippen LogP contribution in [0.1, 0.15) is 0 Å². The quantitative estimate of drug-likeness (QED) is 0.531. The number of alkyl halides is 3. The van der Waals surface area contributed by atoms with Gasteiger partial charge in [-0.3, -0.25) is 0 Å². The number of hydrogen-bond donors (Lipinski definition) is 0. The largest absolute Gasteiger partial charge is 0.180 e. The zero-order chi connectivity index (χ0) is 10.1. The Morgan fingerprint density at radius 2 is 1.46 bits per heavy atom. The monoisotopic (exact) mass is 252 g/mol. The average molecular weight is 254 g/mol. The second-order valence-electron chi connectivity index (χ2n) is 3.49. The normalized spacial score (nSPS) is 13.0. The van der Waals surface area contributed by atoms with E-state index in [1.54, 1.807) is 0 Å². The van der Waals surface area contributed by atoms with Crippen molar-refractivity contribution in [3.63, 3.8) is 0 Å². The van der Waals surface area contributed by atoms with E-state index in [4.69, 9.17) is 34.8 Å². The summed E-state index contributed by atoms with van der Waals surface area (Å²) in [5, 5.41) is 1.16. The summed E-state index contributed by atoms with van der Waals surface area (Å²) >= 11 is 17.9. The fraction of sp³-hybridized carbons (Fsp3) is 0.333. The van der Waals surface area contributed by atoms with Gasteiger partial charge in [0.1, 0.15) is 8.07 Å². The Morgan fingerprint density at radius 3 is 1.85 bits per heavy atom. The molecule has 1 aromatic rings. The maximum absolute atomic E-state index is 5.95. The third-order valence-corrected chi connectivity index (χ3v) is 9.65. The van der Waals surface area contributed by atoms with Crippen molar-refractivity contribution in [1.82, 2.24) is 0 Å². The molecule has 0 bridgehead atoms. The molecular formula is C9H11Cl3Si. The summed E-state index contributed by atoms with van der Waals surface area (Å²) in [7, 11) is -1.98. The molecule has 0 aliphatic rings. The zero-order valence-electron chi connectivity index (χ0n) is 7.52. The van der Waals surface area contributed by atoms with Crippen LogP contribution >= 0.6 is 34.8 Å². The van der Waals surface area contributed by atoms with Crippen LogP contribution < -0.4 is 5.19 Å². The number of halogens is 3. The van der Waals surface area contributed by atoms with Crippen LogP contribution in [0.3, 0.4) is 0 Å². The highest BCUT2D eigenvalue weighted by Crippen LogP contribution is 2.36. The zero-order valence-corrected chi connectivity index (χ0v) is 10.8. The molecule has 0 atom stereocenters. The van der Waals surface area contributed by atoms with E-state index in [9.17, 15) is 0 Å². The second-order valence-corrected chi connectivity index (χ2v) is 11.3. The van der Waals surface area contributed by atoms with E-state index in [0.29, 0.717) is 0 Å². The number of benzene rings is 1. The van der Waals surface area contributed by atoms with Gasteiger partial charge >= 0.3 is 0 Å². The van der Waals surface area contributed by atoms with Gasteiger partial charge in [0.15, 0.2) is 3.42 Å². The van der Waals surface area contributed by atoms with Gasteiger partial charge in [-0.05, 0) is 0 Å². The lowest BCUT2D eigenvalue weighted by atomic mass is 10.4. The third kappa shape index (κ3) is 2.41. The Balaban J connectivity index is 3.08. The molecule has 0 aromatic heterocycles. The SMILES string of the molecule is C[Si](C)(c1ccccc1)C(Cl)(Cl)Cl. The summed E-state index contributed by atoms with van der Waals surface area (Å²) < 4.78 is -1.14. The van der Waals surface area contributed by atoms with Crippen molar-refractivity contribution in [2.75, 3.05) is 0 Å². The fourth-order valence-corrected chi connectivity index (χ4v) is 3.35. The Morgan fingerprint density at radius 1 is 1.00 bits per heavy atom. The molecule has 0 unspecified atom stereocenters. The van der Waals surface area contributed by atoms with E-state index < -0.39 is 11.5 Å². The molecule has 0 aliphatic carbocycles. The molecule has 0 heterocycles. The standard InChI is InChI=1S/C9H11Cl3Si/c1-13(2,9(10,11)12)8-6-4-3-5-7-8/h3-7H,1-2H3. The van der Waals surface area contributed by atoms with Crippen molar-refractivity contribution in [2.45, 2.75) is 16.5 Å². The Hall–Kier alpha value is 0.307. The first kappa shape index (κ1) is 11.4. The van der Waals surface area contributed by atoms with Gasteiger partial charge in [0, 0.05) is 0 Å². The lowest BCUT2D eigenvalue weighted by Gasteiger charge is -2.30. The summed E-state index contributed by atoms with van der Waals surface area (Å²) in [5.74, 6) is 0. The maximum Gasteiger partial charge on any atom is 0.180 e. The summed E-state index contributed by atoms with van der Waals surface area (Å²) in [6, 6.07) is 9.95. The third-order valence-electron chi connectivity index (χ3n) is 2.20. The molecule has 0 aliphatic heterocycles. The topological polar surface area (TPSA) is 0 Å². The molecule has 13 heavy (non-hydrogen) atoms. The van der Waals surface area contributed by atoms with E-state index in [1.807, 2.05) is 30.3 Å². The average Bonchev–Trinajstić information content (AvgIpc) is 2.04. The first-order chi connectivity index (χ1) is 5.86. The molecule has 0 fully saturated rings. The number of hydrogen-bond acceptors (Lipinski definition) is 0. The van der Waals surface area contributed by atoms with Crippen LogP contribution in [0.2, 0.25) is 13.1 Å². The van der Waals surface area contributed by atoms with Crippen LogP contribution in [0.5, 0.6) is 0 Å². The van der Waals surface area contributed by atoms with Crippen LogP contribution in [-0.4, -0.2) is 11.5 Å². The van der Waals surface area contributed by atoms with Gasteiger partial charge in [0.05, 0.1) is 0 Å². The Labute approximate surface area is 94.8 Å². The summed E-state index contributed by atoms with van der Waals surface area (Å²) in [5.41, 5.74) is 0. The van der Waals surface area contributed by atoms with Crippen LogP contribution in [0.4, 0.5) is 0 Å². The molecule has 0 saturated heterocycles. The van der Waals surface area contributed by atoms with E-state index in [2.05, 4.69) is 13.1 Å². The smallest absolute Gasteiger partial charge is 0.0878 e.